The monoisotopic (exact) mass is 512 g/mol. The van der Waals surface area contributed by atoms with Crippen molar-refractivity contribution in [3.8, 4) is 22.6 Å². The molecule has 4 bridgehead atoms. The number of rotatable bonds is 9. The van der Waals surface area contributed by atoms with E-state index in [1.165, 1.54) is 70.5 Å². The Morgan fingerprint density at radius 1 is 0.921 bits per heavy atom. The van der Waals surface area contributed by atoms with Crippen molar-refractivity contribution in [3.63, 3.8) is 0 Å². The van der Waals surface area contributed by atoms with Crippen LogP contribution in [0.15, 0.2) is 48.5 Å². The summed E-state index contributed by atoms with van der Waals surface area (Å²) in [6.45, 7) is 3.00. The van der Waals surface area contributed by atoms with Gasteiger partial charge in [-0.1, -0.05) is 44.4 Å². The average Bonchev–Trinajstić information content (AvgIpc) is 2.91. The molecule has 0 aliphatic heterocycles. The lowest BCUT2D eigenvalue weighted by Crippen LogP contribution is -2.48. The molecule has 0 aromatic heterocycles. The molecule has 4 heteroatoms. The first-order valence-corrected chi connectivity index (χ1v) is 14.6. The summed E-state index contributed by atoms with van der Waals surface area (Å²) in [7, 11) is 1.39. The second-order valence-corrected chi connectivity index (χ2v) is 12.2. The van der Waals surface area contributed by atoms with Gasteiger partial charge in [0.05, 0.1) is 19.3 Å². The molecule has 0 radical (unpaired) electrons. The van der Waals surface area contributed by atoms with Gasteiger partial charge in [0.25, 0.3) is 0 Å². The fraction of sp³-hybridized carbons (Fsp3) is 0.500. The number of fused-ring (bicyclic) bond motifs is 1. The van der Waals surface area contributed by atoms with Gasteiger partial charge in [-0.25, -0.2) is 4.79 Å². The zero-order valence-corrected chi connectivity index (χ0v) is 22.8. The Kier molecular flexibility index (Phi) is 6.84. The van der Waals surface area contributed by atoms with Gasteiger partial charge in [-0.05, 0) is 115 Å². The van der Waals surface area contributed by atoms with Gasteiger partial charge in [0.1, 0.15) is 11.5 Å². The van der Waals surface area contributed by atoms with E-state index in [-0.39, 0.29) is 17.1 Å². The van der Waals surface area contributed by atoms with Crippen molar-refractivity contribution in [2.45, 2.75) is 76.5 Å². The molecule has 4 saturated carbocycles. The summed E-state index contributed by atoms with van der Waals surface area (Å²) in [4.78, 5) is 12.0. The number of hydrogen-bond acceptors (Lipinski definition) is 4. The van der Waals surface area contributed by atoms with Crippen LogP contribution in [0.5, 0.6) is 11.5 Å². The van der Waals surface area contributed by atoms with Gasteiger partial charge in [-0.15, -0.1) is 0 Å². The topological polar surface area (TPSA) is 55.8 Å². The molecule has 200 valence electrons. The van der Waals surface area contributed by atoms with Crippen LogP contribution >= 0.6 is 0 Å². The zero-order valence-electron chi connectivity index (χ0n) is 22.8. The fourth-order valence-corrected chi connectivity index (χ4v) is 8.22. The van der Waals surface area contributed by atoms with Crippen LogP contribution in [-0.4, -0.2) is 24.8 Å². The van der Waals surface area contributed by atoms with Crippen molar-refractivity contribution in [2.75, 3.05) is 13.7 Å². The standard InChI is InChI=1S/C34H40O4/c1-3-4-5-6-13-38-31-17-27-11-12-30(35)32(25-7-9-26(10-8-25)33(36)37-2)28(27)18-29(31)34-19-22-14-23(20-34)16-24(15-22)21-34/h7-12,17-18,22-24,35H,3-6,13-16,19-21H2,1-2H3. The fourth-order valence-electron chi connectivity index (χ4n) is 8.22. The number of carbonyl (C=O) groups is 1. The van der Waals surface area contributed by atoms with Gasteiger partial charge in [-0.3, -0.25) is 0 Å². The second kappa shape index (κ2) is 10.3. The first-order valence-electron chi connectivity index (χ1n) is 14.6. The van der Waals surface area contributed by atoms with Crippen LogP contribution in [-0.2, 0) is 10.2 Å². The molecule has 3 aromatic carbocycles. The van der Waals surface area contributed by atoms with Gasteiger partial charge in [0, 0.05) is 11.1 Å². The van der Waals surface area contributed by atoms with Gasteiger partial charge >= 0.3 is 5.97 Å². The van der Waals surface area contributed by atoms with Gasteiger partial charge in [-0.2, -0.15) is 0 Å². The molecule has 0 spiro atoms. The Bertz CT molecular complexity index is 1290. The van der Waals surface area contributed by atoms with Crippen molar-refractivity contribution in [2.24, 2.45) is 17.8 Å². The predicted molar refractivity (Wildman–Crippen MR) is 152 cm³/mol. The number of hydrogen-bond donors (Lipinski definition) is 1. The van der Waals surface area contributed by atoms with Gasteiger partial charge < -0.3 is 14.6 Å². The molecule has 0 unspecified atom stereocenters. The first-order chi connectivity index (χ1) is 18.5. The summed E-state index contributed by atoms with van der Waals surface area (Å²) < 4.78 is 11.5. The van der Waals surface area contributed by atoms with E-state index in [1.54, 1.807) is 18.2 Å². The number of ether oxygens (including phenoxy) is 2. The minimum absolute atomic E-state index is 0.180. The van der Waals surface area contributed by atoms with E-state index in [0.29, 0.717) is 5.56 Å². The summed E-state index contributed by atoms with van der Waals surface area (Å²) >= 11 is 0. The summed E-state index contributed by atoms with van der Waals surface area (Å²) in [6.07, 6.45) is 12.8. The highest BCUT2D eigenvalue weighted by Crippen LogP contribution is 2.62. The molecule has 7 rings (SSSR count). The van der Waals surface area contributed by atoms with Gasteiger partial charge in [0.2, 0.25) is 0 Å². The minimum Gasteiger partial charge on any atom is -0.507 e. The third-order valence-corrected chi connectivity index (χ3v) is 9.56. The average molecular weight is 513 g/mol. The third-order valence-electron chi connectivity index (χ3n) is 9.56. The predicted octanol–water partition coefficient (Wildman–Crippen LogP) is 8.43. The maximum Gasteiger partial charge on any atom is 0.337 e. The quantitative estimate of drug-likeness (QED) is 0.231. The van der Waals surface area contributed by atoms with E-state index < -0.39 is 0 Å². The van der Waals surface area contributed by atoms with Crippen molar-refractivity contribution in [3.05, 3.63) is 59.7 Å². The number of methoxy groups -OCH3 is 1. The van der Waals surface area contributed by atoms with Crippen LogP contribution in [0.1, 0.15) is 87.1 Å². The Labute approximate surface area is 226 Å². The van der Waals surface area contributed by atoms with Crippen LogP contribution in [0.2, 0.25) is 0 Å². The Balaban J connectivity index is 1.45. The molecule has 4 nitrogen and oxygen atoms in total. The van der Waals surface area contributed by atoms with E-state index in [2.05, 4.69) is 19.1 Å². The Morgan fingerprint density at radius 3 is 2.24 bits per heavy atom. The number of aromatic hydroxyl groups is 1. The number of benzene rings is 3. The van der Waals surface area contributed by atoms with Crippen LogP contribution in [0.4, 0.5) is 0 Å². The summed E-state index contributed by atoms with van der Waals surface area (Å²) in [5.74, 6) is 3.46. The smallest absolute Gasteiger partial charge is 0.337 e. The normalized spacial score (nSPS) is 25.6. The van der Waals surface area contributed by atoms with Crippen LogP contribution in [0.25, 0.3) is 21.9 Å². The summed E-state index contributed by atoms with van der Waals surface area (Å²) in [6, 6.07) is 15.7. The van der Waals surface area contributed by atoms with E-state index in [1.807, 2.05) is 18.2 Å². The first kappa shape index (κ1) is 25.3. The van der Waals surface area contributed by atoms with Crippen molar-refractivity contribution in [1.29, 1.82) is 0 Å². The second-order valence-electron chi connectivity index (χ2n) is 12.2. The zero-order chi connectivity index (χ0) is 26.3. The molecule has 4 fully saturated rings. The molecule has 0 heterocycles. The maximum absolute atomic E-state index is 12.0. The highest BCUT2D eigenvalue weighted by molar-refractivity contribution is 6.01. The number of unbranched alkanes of at least 4 members (excludes halogenated alkanes) is 3. The lowest BCUT2D eigenvalue weighted by molar-refractivity contribution is -0.00633. The highest BCUT2D eigenvalue weighted by Gasteiger charge is 2.52. The third kappa shape index (κ3) is 4.57. The maximum atomic E-state index is 12.0. The number of phenols is 1. The van der Waals surface area contributed by atoms with E-state index in [9.17, 15) is 9.90 Å². The van der Waals surface area contributed by atoms with Crippen molar-refractivity contribution < 1.29 is 19.4 Å². The lowest BCUT2D eigenvalue weighted by atomic mass is 9.48. The number of esters is 1. The molecular formula is C34H40O4. The van der Waals surface area contributed by atoms with E-state index >= 15 is 0 Å². The van der Waals surface area contributed by atoms with Crippen LogP contribution < -0.4 is 4.74 Å². The highest BCUT2D eigenvalue weighted by atomic mass is 16.5. The van der Waals surface area contributed by atoms with Crippen molar-refractivity contribution >= 4 is 16.7 Å². The molecule has 3 aromatic rings. The number of phenolic OH excluding ortho intramolecular Hbond substituents is 1. The van der Waals surface area contributed by atoms with E-state index in [0.717, 1.165) is 58.4 Å². The molecule has 38 heavy (non-hydrogen) atoms. The molecule has 1 N–H and O–H groups in total. The molecule has 0 atom stereocenters. The Morgan fingerprint density at radius 2 is 1.61 bits per heavy atom. The Hall–Kier alpha value is -3.01. The lowest BCUT2D eigenvalue weighted by Gasteiger charge is -2.57. The van der Waals surface area contributed by atoms with E-state index in [4.69, 9.17) is 9.47 Å². The summed E-state index contributed by atoms with van der Waals surface area (Å²) in [5, 5.41) is 13.2. The SMILES string of the molecule is CCCCCCOc1cc2ccc(O)c(-c3ccc(C(=O)OC)cc3)c2cc1C12CC3CC(CC(C3)C1)C2. The summed E-state index contributed by atoms with van der Waals surface area (Å²) in [5.41, 5.74) is 3.76. The molecule has 0 saturated heterocycles. The van der Waals surface area contributed by atoms with Crippen molar-refractivity contribution in [1.82, 2.24) is 0 Å². The van der Waals surface area contributed by atoms with Gasteiger partial charge in [0.15, 0.2) is 0 Å². The largest absolute Gasteiger partial charge is 0.507 e. The molecule has 4 aliphatic carbocycles. The minimum atomic E-state index is -0.358. The van der Waals surface area contributed by atoms with Crippen LogP contribution in [0, 0.1) is 17.8 Å². The number of carbonyl (C=O) groups excluding carboxylic acids is 1. The molecular weight excluding hydrogens is 472 g/mol. The van der Waals surface area contributed by atoms with Crippen LogP contribution in [0.3, 0.4) is 0 Å². The molecule has 0 amide bonds. The molecule has 4 aliphatic rings.